The van der Waals surface area contributed by atoms with Gasteiger partial charge in [0.05, 0.1) is 28.6 Å². The Balaban J connectivity index is 1.23. The Labute approximate surface area is 228 Å². The van der Waals surface area contributed by atoms with Crippen LogP contribution in [0.2, 0.25) is 0 Å². The quantitative estimate of drug-likeness (QED) is 0.361. The summed E-state index contributed by atoms with van der Waals surface area (Å²) >= 11 is 0. The predicted molar refractivity (Wildman–Crippen MR) is 141 cm³/mol. The number of rotatable bonds is 6. The molecule has 1 unspecified atom stereocenters. The van der Waals surface area contributed by atoms with Crippen LogP contribution < -0.4 is 10.1 Å². The topological polar surface area (TPSA) is 136 Å². The molecule has 0 spiro atoms. The zero-order valence-corrected chi connectivity index (χ0v) is 22.2. The Morgan fingerprint density at radius 1 is 1.20 bits per heavy atom. The van der Waals surface area contributed by atoms with Gasteiger partial charge in [-0.3, -0.25) is 4.79 Å². The molecule has 2 aliphatic rings. The van der Waals surface area contributed by atoms with Crippen molar-refractivity contribution >= 4 is 26.8 Å². The maximum Gasteiger partial charge on any atom is 0.387 e. The van der Waals surface area contributed by atoms with Crippen molar-refractivity contribution in [3.05, 3.63) is 71.6 Å². The Hall–Kier alpha value is -3.97. The van der Waals surface area contributed by atoms with Crippen LogP contribution in [0.15, 0.2) is 48.8 Å². The first kappa shape index (κ1) is 26.3. The van der Waals surface area contributed by atoms with Gasteiger partial charge in [0.1, 0.15) is 17.2 Å². The van der Waals surface area contributed by atoms with E-state index in [4.69, 9.17) is 4.98 Å². The molecule has 2 N–H and O–H groups in total. The first-order valence-electron chi connectivity index (χ1n) is 12.6. The number of aliphatic hydroxyl groups is 1. The number of ether oxygens (including phenoxy) is 1. The Morgan fingerprint density at radius 2 is 1.98 bits per heavy atom. The summed E-state index contributed by atoms with van der Waals surface area (Å²) in [6.45, 7) is -0.812. The molecule has 0 bridgehead atoms. The molecule has 4 aromatic rings. The summed E-state index contributed by atoms with van der Waals surface area (Å²) in [5, 5.41) is 13.7. The third kappa shape index (κ3) is 4.68. The predicted octanol–water partition coefficient (Wildman–Crippen LogP) is 3.28. The van der Waals surface area contributed by atoms with Gasteiger partial charge in [-0.05, 0) is 49.6 Å². The summed E-state index contributed by atoms with van der Waals surface area (Å²) < 4.78 is 55.7. The summed E-state index contributed by atoms with van der Waals surface area (Å²) in [6.07, 6.45) is 3.80. The Bertz CT molecular complexity index is 1740. The highest BCUT2D eigenvalue weighted by atomic mass is 32.2. The second-order valence-corrected chi connectivity index (χ2v) is 12.3. The minimum atomic E-state index is -3.32. The maximum atomic E-state index is 13.0. The summed E-state index contributed by atoms with van der Waals surface area (Å²) in [7, 11) is -3.32. The number of imidazole rings is 1. The maximum absolute atomic E-state index is 13.0. The number of nitrogens with zero attached hydrogens (tertiary/aromatic N) is 4. The van der Waals surface area contributed by atoms with E-state index in [2.05, 4.69) is 20.0 Å². The monoisotopic (exact) mass is 569 g/mol. The van der Waals surface area contributed by atoms with Crippen molar-refractivity contribution < 1.29 is 31.8 Å². The fraction of sp³-hybridized carbons (Fsp3) is 0.333. The van der Waals surface area contributed by atoms with Crippen LogP contribution in [0.25, 0.3) is 22.2 Å². The number of amides is 1. The molecular formula is C27H25F2N5O5S. The molecule has 1 saturated heterocycles. The van der Waals surface area contributed by atoms with E-state index >= 15 is 0 Å². The summed E-state index contributed by atoms with van der Waals surface area (Å²) in [5.41, 5.74) is 2.09. The van der Waals surface area contributed by atoms with Crippen LogP contribution in [-0.4, -0.2) is 57.1 Å². The van der Waals surface area contributed by atoms with Gasteiger partial charge in [-0.1, -0.05) is 12.1 Å². The molecule has 6 rings (SSSR count). The zero-order chi connectivity index (χ0) is 28.2. The van der Waals surface area contributed by atoms with E-state index in [9.17, 15) is 27.1 Å². The van der Waals surface area contributed by atoms with Gasteiger partial charge in [-0.25, -0.2) is 23.4 Å². The number of fused-ring (bicyclic) bond motifs is 3. The first-order valence-corrected chi connectivity index (χ1v) is 14.5. The lowest BCUT2D eigenvalue weighted by Crippen LogP contribution is -2.29. The number of alkyl halides is 2. The van der Waals surface area contributed by atoms with E-state index in [1.807, 2.05) is 22.8 Å². The number of aromatic nitrogens is 4. The van der Waals surface area contributed by atoms with Crippen LogP contribution in [0.1, 0.15) is 46.5 Å². The van der Waals surface area contributed by atoms with Gasteiger partial charge in [0.25, 0.3) is 5.91 Å². The van der Waals surface area contributed by atoms with Crippen LogP contribution in [-0.2, 0) is 22.0 Å². The molecule has 40 heavy (non-hydrogen) atoms. The summed E-state index contributed by atoms with van der Waals surface area (Å²) in [4.78, 5) is 26.3. The minimum absolute atomic E-state index is 0.0479. The van der Waals surface area contributed by atoms with Crippen LogP contribution in [0.4, 0.5) is 8.78 Å². The SMILES string of the molecule is Cc1c(OC(F)F)cccc1C(=O)N[C@@H]1CCn2c1nc1ccc(-c3cnc(C4(O)CCS(=O)(=O)C4)nc3)cc12. The van der Waals surface area contributed by atoms with Crippen molar-refractivity contribution in [2.75, 3.05) is 11.5 Å². The van der Waals surface area contributed by atoms with Gasteiger partial charge in [0.2, 0.25) is 0 Å². The van der Waals surface area contributed by atoms with Gasteiger partial charge >= 0.3 is 6.61 Å². The number of halogens is 2. The standard InChI is InChI=1S/C27H25F2N5O5S/c1-15-18(3-2-4-22(15)39-26(28)29)24(35)33-20-7-9-34-21-11-16(5-6-19(21)32-23(20)34)17-12-30-25(31-13-17)27(36)8-10-40(37,38)14-27/h2-6,11-13,20,26,36H,7-10,14H2,1H3,(H,33,35)/t20-,27?/m1/s1. The lowest BCUT2D eigenvalue weighted by atomic mass is 10.0. The van der Waals surface area contributed by atoms with E-state index in [1.54, 1.807) is 25.4 Å². The average Bonchev–Trinajstić information content (AvgIpc) is 3.56. The highest BCUT2D eigenvalue weighted by molar-refractivity contribution is 7.91. The number of aryl methyl sites for hydroxylation is 1. The third-order valence-corrected chi connectivity index (χ3v) is 9.21. The lowest BCUT2D eigenvalue weighted by Gasteiger charge is -2.18. The summed E-state index contributed by atoms with van der Waals surface area (Å²) in [6, 6.07) is 9.75. The number of hydrogen-bond donors (Lipinski definition) is 2. The third-order valence-electron chi connectivity index (χ3n) is 7.47. The van der Waals surface area contributed by atoms with Crippen LogP contribution >= 0.6 is 0 Å². The highest BCUT2D eigenvalue weighted by Crippen LogP contribution is 2.34. The van der Waals surface area contributed by atoms with Gasteiger partial charge < -0.3 is 19.7 Å². The van der Waals surface area contributed by atoms with Crippen molar-refractivity contribution in [3.8, 4) is 16.9 Å². The van der Waals surface area contributed by atoms with Crippen molar-refractivity contribution in [2.45, 2.75) is 44.6 Å². The van der Waals surface area contributed by atoms with E-state index < -0.39 is 28.0 Å². The van der Waals surface area contributed by atoms with Crippen LogP contribution in [0.3, 0.4) is 0 Å². The van der Waals surface area contributed by atoms with Gasteiger partial charge in [-0.15, -0.1) is 0 Å². The molecule has 1 amide bonds. The van der Waals surface area contributed by atoms with Crippen molar-refractivity contribution in [1.82, 2.24) is 24.8 Å². The molecule has 2 aliphatic heterocycles. The number of nitrogens with one attached hydrogen (secondary N) is 1. The van der Waals surface area contributed by atoms with E-state index in [0.717, 1.165) is 16.6 Å². The number of sulfone groups is 1. The lowest BCUT2D eigenvalue weighted by molar-refractivity contribution is -0.0503. The Kier molecular flexibility index (Phi) is 6.30. The van der Waals surface area contributed by atoms with E-state index in [1.165, 1.54) is 12.1 Å². The molecule has 0 saturated carbocycles. The molecule has 0 radical (unpaired) electrons. The fourth-order valence-corrected chi connectivity index (χ4v) is 7.19. The first-order chi connectivity index (χ1) is 19.0. The number of carbonyl (C=O) groups excluding carboxylic acids is 1. The number of benzene rings is 2. The normalized spacial score (nSPS) is 21.6. The molecule has 4 heterocycles. The molecule has 10 nitrogen and oxygen atoms in total. The molecule has 13 heteroatoms. The Morgan fingerprint density at radius 3 is 2.67 bits per heavy atom. The number of carbonyl (C=O) groups is 1. The van der Waals surface area contributed by atoms with Crippen LogP contribution in [0, 0.1) is 6.92 Å². The second kappa shape index (κ2) is 9.59. The molecule has 0 aliphatic carbocycles. The molecule has 1 fully saturated rings. The minimum Gasteiger partial charge on any atom is -0.435 e. The van der Waals surface area contributed by atoms with E-state index in [-0.39, 0.29) is 41.1 Å². The van der Waals surface area contributed by atoms with Gasteiger partial charge in [0.15, 0.2) is 15.7 Å². The van der Waals surface area contributed by atoms with Crippen LogP contribution in [0.5, 0.6) is 5.75 Å². The second-order valence-electron chi connectivity index (χ2n) is 10.1. The summed E-state index contributed by atoms with van der Waals surface area (Å²) in [5.74, 6) is -0.165. The zero-order valence-electron chi connectivity index (χ0n) is 21.3. The largest absolute Gasteiger partial charge is 0.435 e. The number of hydrogen-bond acceptors (Lipinski definition) is 8. The fourth-order valence-electron chi connectivity index (χ4n) is 5.39. The molecule has 208 valence electrons. The van der Waals surface area contributed by atoms with Gasteiger partial charge in [0, 0.05) is 35.6 Å². The van der Waals surface area contributed by atoms with Crippen molar-refractivity contribution in [2.24, 2.45) is 0 Å². The molecule has 2 aromatic heterocycles. The van der Waals surface area contributed by atoms with Crippen molar-refractivity contribution in [3.63, 3.8) is 0 Å². The smallest absolute Gasteiger partial charge is 0.387 e. The van der Waals surface area contributed by atoms with E-state index in [0.29, 0.717) is 29.9 Å². The highest BCUT2D eigenvalue weighted by Gasteiger charge is 2.44. The average molecular weight is 570 g/mol. The molecular weight excluding hydrogens is 544 g/mol. The molecule has 2 atom stereocenters. The van der Waals surface area contributed by atoms with Gasteiger partial charge in [-0.2, -0.15) is 8.78 Å². The molecule has 2 aromatic carbocycles. The van der Waals surface area contributed by atoms with Crippen molar-refractivity contribution in [1.29, 1.82) is 0 Å².